The Labute approximate surface area is 159 Å². The Morgan fingerprint density at radius 1 is 1.07 bits per heavy atom. The van der Waals surface area contributed by atoms with Crippen molar-refractivity contribution in [2.45, 2.75) is 62.9 Å². The third-order valence-corrected chi connectivity index (χ3v) is 6.09. The van der Waals surface area contributed by atoms with E-state index in [-0.39, 0.29) is 22.5 Å². The molecule has 27 heavy (non-hydrogen) atoms. The fourth-order valence-corrected chi connectivity index (χ4v) is 4.67. The smallest absolute Gasteiger partial charge is 0.319 e. The van der Waals surface area contributed by atoms with E-state index < -0.39 is 27.6 Å². The molecule has 4 N–H and O–H groups in total. The topological polar surface area (TPSA) is 125 Å². The number of nitrogens with one attached hydrogen (secondary N) is 3. The summed E-state index contributed by atoms with van der Waals surface area (Å²) in [4.78, 5) is 23.3. The molecule has 1 aromatic rings. The van der Waals surface area contributed by atoms with E-state index in [2.05, 4.69) is 15.4 Å². The summed E-state index contributed by atoms with van der Waals surface area (Å²) >= 11 is 0. The zero-order valence-corrected chi connectivity index (χ0v) is 16.6. The number of sulfonamides is 1. The molecule has 1 aliphatic carbocycles. The standard InChI is InChI=1S/C18H27N3O5S/c1-18(2,3)21-27(25,26)15-7-5-4-6-14(15)20-17(24)19-13-10-8-12(9-11-13)16(22)23/h4-7,12-13,21H,8-11H2,1-3H3,(H,22,23)(H2,19,20,24). The SMILES string of the molecule is CC(C)(C)NS(=O)(=O)c1ccccc1NC(=O)NC1CCC(C(=O)O)CC1. The van der Waals surface area contributed by atoms with E-state index in [1.807, 2.05) is 0 Å². The maximum atomic E-state index is 12.6. The average molecular weight is 397 g/mol. The molecule has 0 bridgehead atoms. The Morgan fingerprint density at radius 3 is 2.22 bits per heavy atom. The second-order valence-corrected chi connectivity index (χ2v) is 9.49. The van der Waals surface area contributed by atoms with E-state index in [0.29, 0.717) is 25.7 Å². The van der Waals surface area contributed by atoms with Crippen LogP contribution in [0.25, 0.3) is 0 Å². The largest absolute Gasteiger partial charge is 0.481 e. The van der Waals surface area contributed by atoms with Crippen molar-refractivity contribution in [3.8, 4) is 0 Å². The molecule has 0 saturated heterocycles. The van der Waals surface area contributed by atoms with Crippen LogP contribution in [0.3, 0.4) is 0 Å². The number of anilines is 1. The van der Waals surface area contributed by atoms with Gasteiger partial charge in [-0.25, -0.2) is 17.9 Å². The van der Waals surface area contributed by atoms with Gasteiger partial charge in [-0.3, -0.25) is 4.79 Å². The number of carbonyl (C=O) groups excluding carboxylic acids is 1. The Hall–Kier alpha value is -2.13. The lowest BCUT2D eigenvalue weighted by Gasteiger charge is -2.27. The summed E-state index contributed by atoms with van der Waals surface area (Å²) < 4.78 is 27.8. The molecule has 2 amide bonds. The lowest BCUT2D eigenvalue weighted by atomic mass is 9.86. The minimum absolute atomic E-state index is 0.00957. The van der Waals surface area contributed by atoms with Crippen LogP contribution in [0.1, 0.15) is 46.5 Å². The highest BCUT2D eigenvalue weighted by molar-refractivity contribution is 7.89. The summed E-state index contributed by atoms with van der Waals surface area (Å²) in [5.74, 6) is -1.16. The molecular weight excluding hydrogens is 370 g/mol. The molecule has 1 saturated carbocycles. The lowest BCUT2D eigenvalue weighted by Crippen LogP contribution is -2.42. The monoisotopic (exact) mass is 397 g/mol. The van der Waals surface area contributed by atoms with E-state index in [0.717, 1.165) is 0 Å². The summed E-state index contributed by atoms with van der Waals surface area (Å²) in [5.41, 5.74) is -0.470. The molecule has 0 atom stereocenters. The number of benzene rings is 1. The van der Waals surface area contributed by atoms with E-state index in [1.54, 1.807) is 32.9 Å². The van der Waals surface area contributed by atoms with Crippen molar-refractivity contribution in [2.75, 3.05) is 5.32 Å². The predicted molar refractivity (Wildman–Crippen MR) is 102 cm³/mol. The zero-order chi connectivity index (χ0) is 20.2. The number of carboxylic acid groups (broad SMARTS) is 1. The summed E-state index contributed by atoms with van der Waals surface area (Å²) in [5, 5.41) is 14.4. The fraction of sp³-hybridized carbons (Fsp3) is 0.556. The van der Waals surface area contributed by atoms with Crippen LogP contribution in [-0.2, 0) is 14.8 Å². The molecule has 1 aromatic carbocycles. The van der Waals surface area contributed by atoms with Crippen molar-refractivity contribution < 1.29 is 23.1 Å². The zero-order valence-electron chi connectivity index (χ0n) is 15.8. The second-order valence-electron chi connectivity index (χ2n) is 7.84. The highest BCUT2D eigenvalue weighted by atomic mass is 32.2. The highest BCUT2D eigenvalue weighted by Gasteiger charge is 2.28. The molecular formula is C18H27N3O5S. The van der Waals surface area contributed by atoms with Crippen molar-refractivity contribution in [3.63, 3.8) is 0 Å². The molecule has 0 heterocycles. The molecule has 0 radical (unpaired) electrons. The highest BCUT2D eigenvalue weighted by Crippen LogP contribution is 2.25. The number of carbonyl (C=O) groups is 2. The van der Waals surface area contributed by atoms with Gasteiger partial charge in [0.25, 0.3) is 0 Å². The first-order valence-electron chi connectivity index (χ1n) is 8.91. The Balaban J connectivity index is 2.04. The van der Waals surface area contributed by atoms with Crippen LogP contribution < -0.4 is 15.4 Å². The Bertz CT molecular complexity index is 793. The molecule has 1 fully saturated rings. The normalized spacial score (nSPS) is 20.7. The molecule has 0 aliphatic heterocycles. The molecule has 0 spiro atoms. The van der Waals surface area contributed by atoms with E-state index in [4.69, 9.17) is 5.11 Å². The van der Waals surface area contributed by atoms with E-state index in [1.165, 1.54) is 12.1 Å². The van der Waals surface area contributed by atoms with Crippen LogP contribution >= 0.6 is 0 Å². The van der Waals surface area contributed by atoms with Gasteiger partial charge in [0.05, 0.1) is 11.6 Å². The van der Waals surface area contributed by atoms with Gasteiger partial charge in [0.1, 0.15) is 4.90 Å². The van der Waals surface area contributed by atoms with Crippen molar-refractivity contribution in [3.05, 3.63) is 24.3 Å². The van der Waals surface area contributed by atoms with Crippen LogP contribution in [0.4, 0.5) is 10.5 Å². The summed E-state index contributed by atoms with van der Waals surface area (Å²) in [7, 11) is -3.80. The summed E-state index contributed by atoms with van der Waals surface area (Å²) in [6.07, 6.45) is 2.19. The second kappa shape index (κ2) is 8.26. The number of hydrogen-bond acceptors (Lipinski definition) is 4. The number of amides is 2. The average Bonchev–Trinajstić information content (AvgIpc) is 2.53. The first-order valence-corrected chi connectivity index (χ1v) is 10.4. The minimum atomic E-state index is -3.80. The minimum Gasteiger partial charge on any atom is -0.481 e. The number of carboxylic acids is 1. The Kier molecular flexibility index (Phi) is 6.48. The van der Waals surface area contributed by atoms with Gasteiger partial charge in [-0.1, -0.05) is 12.1 Å². The number of para-hydroxylation sites is 1. The van der Waals surface area contributed by atoms with Crippen molar-refractivity contribution in [1.29, 1.82) is 0 Å². The molecule has 0 aromatic heterocycles. The Morgan fingerprint density at radius 2 is 1.67 bits per heavy atom. The maximum Gasteiger partial charge on any atom is 0.319 e. The molecule has 9 heteroatoms. The third-order valence-electron chi connectivity index (χ3n) is 4.28. The van der Waals surface area contributed by atoms with Gasteiger partial charge in [-0.15, -0.1) is 0 Å². The number of rotatable bonds is 5. The van der Waals surface area contributed by atoms with Gasteiger partial charge in [0.15, 0.2) is 0 Å². The molecule has 150 valence electrons. The number of aliphatic carboxylic acids is 1. The van der Waals surface area contributed by atoms with Gasteiger partial charge in [0, 0.05) is 11.6 Å². The van der Waals surface area contributed by atoms with Gasteiger partial charge < -0.3 is 15.7 Å². The quantitative estimate of drug-likeness (QED) is 0.608. The third kappa shape index (κ3) is 6.21. The van der Waals surface area contributed by atoms with Crippen molar-refractivity contribution in [1.82, 2.24) is 10.0 Å². The van der Waals surface area contributed by atoms with E-state index in [9.17, 15) is 18.0 Å². The number of urea groups is 1. The predicted octanol–water partition coefficient (Wildman–Crippen LogP) is 2.53. The summed E-state index contributed by atoms with van der Waals surface area (Å²) in [6.45, 7) is 5.21. The van der Waals surface area contributed by atoms with E-state index >= 15 is 0 Å². The van der Waals surface area contributed by atoms with Crippen LogP contribution in [0.5, 0.6) is 0 Å². The van der Waals surface area contributed by atoms with Crippen LogP contribution in [-0.4, -0.2) is 37.1 Å². The molecule has 1 aliphatic rings. The van der Waals surface area contributed by atoms with Crippen molar-refractivity contribution in [2.24, 2.45) is 5.92 Å². The van der Waals surface area contributed by atoms with Crippen LogP contribution in [0, 0.1) is 5.92 Å². The van der Waals surface area contributed by atoms with Gasteiger partial charge >= 0.3 is 12.0 Å². The molecule has 0 unspecified atom stereocenters. The van der Waals surface area contributed by atoms with Gasteiger partial charge in [-0.05, 0) is 58.6 Å². The number of hydrogen-bond donors (Lipinski definition) is 4. The molecule has 2 rings (SSSR count). The van der Waals surface area contributed by atoms with Crippen LogP contribution in [0.15, 0.2) is 29.2 Å². The van der Waals surface area contributed by atoms with Gasteiger partial charge in [-0.2, -0.15) is 0 Å². The van der Waals surface area contributed by atoms with Crippen LogP contribution in [0.2, 0.25) is 0 Å². The first-order chi connectivity index (χ1) is 12.5. The van der Waals surface area contributed by atoms with Crippen molar-refractivity contribution >= 4 is 27.7 Å². The first kappa shape index (κ1) is 21.2. The summed E-state index contributed by atoms with van der Waals surface area (Å²) in [6, 6.07) is 5.56. The maximum absolute atomic E-state index is 12.6. The lowest BCUT2D eigenvalue weighted by molar-refractivity contribution is -0.142. The van der Waals surface area contributed by atoms with Gasteiger partial charge in [0.2, 0.25) is 10.0 Å². The molecule has 8 nitrogen and oxygen atoms in total. The fourth-order valence-electron chi connectivity index (χ4n) is 3.09.